The van der Waals surface area contributed by atoms with Crippen molar-refractivity contribution in [2.45, 2.75) is 26.7 Å². The number of anilines is 2. The third-order valence-corrected chi connectivity index (χ3v) is 4.44. The van der Waals surface area contributed by atoms with Crippen LogP contribution in [-0.2, 0) is 12.8 Å². The summed E-state index contributed by atoms with van der Waals surface area (Å²) in [6.07, 6.45) is 1.84. The van der Waals surface area contributed by atoms with E-state index in [1.165, 1.54) is 8.66 Å². The fraction of sp³-hybridized carbons (Fsp3) is 0.429. The number of thiophene rings is 1. The number of aryl methyl sites for hydroxylation is 1. The van der Waals surface area contributed by atoms with Crippen LogP contribution in [0.2, 0.25) is 0 Å². The molecule has 108 valence electrons. The summed E-state index contributed by atoms with van der Waals surface area (Å²) in [6, 6.07) is 6.20. The Kier molecular flexibility index (Phi) is 5.79. The zero-order valence-electron chi connectivity index (χ0n) is 11.7. The molecule has 2 N–H and O–H groups in total. The highest BCUT2D eigenvalue weighted by molar-refractivity contribution is 9.11. The molecule has 2 heterocycles. The molecule has 0 aliphatic rings. The quantitative estimate of drug-likeness (QED) is 0.790. The average Bonchev–Trinajstić information content (AvgIpc) is 2.84. The Labute approximate surface area is 132 Å². The largest absolute Gasteiger partial charge is 0.370 e. The second-order valence-electron chi connectivity index (χ2n) is 4.32. The van der Waals surface area contributed by atoms with Crippen LogP contribution in [0.15, 0.2) is 22.0 Å². The second kappa shape index (κ2) is 7.59. The van der Waals surface area contributed by atoms with Gasteiger partial charge in [0.25, 0.3) is 0 Å². The smallest absolute Gasteiger partial charge is 0.132 e. The molecule has 20 heavy (non-hydrogen) atoms. The Morgan fingerprint density at radius 2 is 1.90 bits per heavy atom. The van der Waals surface area contributed by atoms with Gasteiger partial charge < -0.3 is 10.6 Å². The molecule has 2 aromatic rings. The van der Waals surface area contributed by atoms with Crippen molar-refractivity contribution in [2.75, 3.05) is 23.7 Å². The molecular weight excluding hydrogens is 336 g/mol. The highest BCUT2D eigenvalue weighted by Crippen LogP contribution is 2.22. The molecule has 0 fully saturated rings. The van der Waals surface area contributed by atoms with Crippen LogP contribution < -0.4 is 10.6 Å². The van der Waals surface area contributed by atoms with E-state index >= 15 is 0 Å². The molecular formula is C14H19BrN4S. The molecule has 0 saturated carbocycles. The Balaban J connectivity index is 1.95. The van der Waals surface area contributed by atoms with Crippen LogP contribution in [0.25, 0.3) is 0 Å². The molecule has 0 saturated heterocycles. The fourth-order valence-electron chi connectivity index (χ4n) is 1.82. The summed E-state index contributed by atoms with van der Waals surface area (Å²) in [7, 11) is 0. The lowest BCUT2D eigenvalue weighted by atomic mass is 10.3. The van der Waals surface area contributed by atoms with Gasteiger partial charge in [-0.3, -0.25) is 0 Å². The molecule has 4 nitrogen and oxygen atoms in total. The number of aromatic nitrogens is 2. The molecule has 0 radical (unpaired) electrons. The third kappa shape index (κ3) is 4.45. The van der Waals surface area contributed by atoms with Crippen LogP contribution in [0.4, 0.5) is 11.6 Å². The number of hydrogen-bond donors (Lipinski definition) is 2. The molecule has 0 aromatic carbocycles. The van der Waals surface area contributed by atoms with Crippen LogP contribution in [-0.4, -0.2) is 23.1 Å². The minimum atomic E-state index is 0.839. The third-order valence-electron chi connectivity index (χ3n) is 2.75. The van der Waals surface area contributed by atoms with Crippen LogP contribution in [0.3, 0.4) is 0 Å². The van der Waals surface area contributed by atoms with Gasteiger partial charge in [0.2, 0.25) is 0 Å². The van der Waals surface area contributed by atoms with E-state index in [0.717, 1.165) is 43.4 Å². The first-order valence-corrected chi connectivity index (χ1v) is 8.42. The second-order valence-corrected chi connectivity index (χ2v) is 6.87. The minimum Gasteiger partial charge on any atom is -0.370 e. The van der Waals surface area contributed by atoms with Gasteiger partial charge in [-0.25, -0.2) is 9.97 Å². The highest BCUT2D eigenvalue weighted by Gasteiger charge is 2.03. The lowest BCUT2D eigenvalue weighted by molar-refractivity contribution is 0.925. The van der Waals surface area contributed by atoms with Gasteiger partial charge >= 0.3 is 0 Å². The van der Waals surface area contributed by atoms with Crippen molar-refractivity contribution >= 4 is 38.9 Å². The number of halogens is 1. The fourth-order valence-corrected chi connectivity index (χ4v) is 3.30. The monoisotopic (exact) mass is 354 g/mol. The normalized spacial score (nSPS) is 10.6. The molecule has 0 amide bonds. The molecule has 6 heteroatoms. The van der Waals surface area contributed by atoms with Crippen molar-refractivity contribution in [1.82, 2.24) is 9.97 Å². The van der Waals surface area contributed by atoms with Crippen molar-refractivity contribution in [3.63, 3.8) is 0 Å². The summed E-state index contributed by atoms with van der Waals surface area (Å²) >= 11 is 5.26. The maximum atomic E-state index is 4.50. The maximum Gasteiger partial charge on any atom is 0.132 e. The number of nitrogens with zero attached hydrogens (tertiary/aromatic N) is 2. The van der Waals surface area contributed by atoms with Gasteiger partial charge in [-0.2, -0.15) is 0 Å². The standard InChI is InChI=1S/C14H19BrN4S/c1-3-12-18-13(16-4-2)9-14(19-12)17-8-7-10-5-6-11(15)20-10/h5-6,9H,3-4,7-8H2,1-2H3,(H2,16,17,18,19). The van der Waals surface area contributed by atoms with Crippen molar-refractivity contribution in [1.29, 1.82) is 0 Å². The van der Waals surface area contributed by atoms with E-state index < -0.39 is 0 Å². The van der Waals surface area contributed by atoms with Crippen LogP contribution >= 0.6 is 27.3 Å². The summed E-state index contributed by atoms with van der Waals surface area (Å²) in [4.78, 5) is 10.3. The van der Waals surface area contributed by atoms with E-state index in [0.29, 0.717) is 0 Å². The topological polar surface area (TPSA) is 49.8 Å². The van der Waals surface area contributed by atoms with Crippen molar-refractivity contribution in [2.24, 2.45) is 0 Å². The van der Waals surface area contributed by atoms with Gasteiger partial charge in [-0.05, 0) is 41.4 Å². The van der Waals surface area contributed by atoms with Crippen molar-refractivity contribution in [3.8, 4) is 0 Å². The van der Waals surface area contributed by atoms with Crippen LogP contribution in [0.1, 0.15) is 24.5 Å². The van der Waals surface area contributed by atoms with E-state index in [9.17, 15) is 0 Å². The zero-order chi connectivity index (χ0) is 14.4. The number of hydrogen-bond acceptors (Lipinski definition) is 5. The molecule has 0 bridgehead atoms. The molecule has 0 unspecified atom stereocenters. The predicted octanol–water partition coefficient (Wildman–Crippen LogP) is 3.95. The average molecular weight is 355 g/mol. The minimum absolute atomic E-state index is 0.839. The summed E-state index contributed by atoms with van der Waals surface area (Å²) in [6.45, 7) is 5.87. The molecule has 0 spiro atoms. The summed E-state index contributed by atoms with van der Waals surface area (Å²) in [5, 5.41) is 6.61. The lowest BCUT2D eigenvalue weighted by Gasteiger charge is -2.09. The first-order chi connectivity index (χ1) is 9.71. The number of nitrogens with one attached hydrogen (secondary N) is 2. The summed E-state index contributed by atoms with van der Waals surface area (Å²) in [5.74, 6) is 2.65. The van der Waals surface area contributed by atoms with E-state index in [2.05, 4.69) is 62.5 Å². The molecule has 0 atom stereocenters. The zero-order valence-corrected chi connectivity index (χ0v) is 14.1. The van der Waals surface area contributed by atoms with Gasteiger partial charge in [0.15, 0.2) is 0 Å². The SMILES string of the molecule is CCNc1cc(NCCc2ccc(Br)s2)nc(CC)n1. The first-order valence-electron chi connectivity index (χ1n) is 6.81. The van der Waals surface area contributed by atoms with E-state index in [-0.39, 0.29) is 0 Å². The van der Waals surface area contributed by atoms with E-state index in [1.54, 1.807) is 11.3 Å². The Hall–Kier alpha value is -1.14. The van der Waals surface area contributed by atoms with Gasteiger partial charge in [-0.15, -0.1) is 11.3 Å². The Morgan fingerprint density at radius 3 is 2.50 bits per heavy atom. The molecule has 2 aromatic heterocycles. The van der Waals surface area contributed by atoms with Gasteiger partial charge in [0.05, 0.1) is 3.79 Å². The first kappa shape index (κ1) is 15.3. The van der Waals surface area contributed by atoms with E-state index in [1.807, 2.05) is 6.07 Å². The van der Waals surface area contributed by atoms with Gasteiger partial charge in [0.1, 0.15) is 17.5 Å². The lowest BCUT2D eigenvalue weighted by Crippen LogP contribution is -2.09. The summed E-state index contributed by atoms with van der Waals surface area (Å²) < 4.78 is 1.18. The maximum absolute atomic E-state index is 4.50. The Bertz CT molecular complexity index is 556. The van der Waals surface area contributed by atoms with Gasteiger partial charge in [-0.1, -0.05) is 6.92 Å². The molecule has 0 aliphatic carbocycles. The predicted molar refractivity (Wildman–Crippen MR) is 89.8 cm³/mol. The summed E-state index contributed by atoms with van der Waals surface area (Å²) in [5.41, 5.74) is 0. The van der Waals surface area contributed by atoms with Crippen molar-refractivity contribution in [3.05, 3.63) is 32.7 Å². The molecule has 0 aliphatic heterocycles. The molecule has 2 rings (SSSR count). The number of rotatable bonds is 7. The van der Waals surface area contributed by atoms with Crippen LogP contribution in [0.5, 0.6) is 0 Å². The van der Waals surface area contributed by atoms with Crippen LogP contribution in [0, 0.1) is 0 Å². The Morgan fingerprint density at radius 1 is 1.15 bits per heavy atom. The van der Waals surface area contributed by atoms with Gasteiger partial charge in [0, 0.05) is 30.5 Å². The van der Waals surface area contributed by atoms with Crippen molar-refractivity contribution < 1.29 is 0 Å². The van der Waals surface area contributed by atoms with E-state index in [4.69, 9.17) is 0 Å². The highest BCUT2D eigenvalue weighted by atomic mass is 79.9.